The predicted octanol–water partition coefficient (Wildman–Crippen LogP) is 5.53. The van der Waals surface area contributed by atoms with Gasteiger partial charge in [0, 0.05) is 10.4 Å². The molecule has 1 aromatic heterocycles. The molecule has 0 aliphatic heterocycles. The Balaban J connectivity index is 1.97. The van der Waals surface area contributed by atoms with E-state index in [1.165, 1.54) is 43.4 Å². The van der Waals surface area contributed by atoms with Crippen molar-refractivity contribution in [2.45, 2.75) is 64.8 Å². The molecule has 0 spiro atoms. The van der Waals surface area contributed by atoms with E-state index in [9.17, 15) is 0 Å². The fourth-order valence-corrected chi connectivity index (χ4v) is 4.34. The number of halogens is 1. The zero-order valence-electron chi connectivity index (χ0n) is 13.0. The summed E-state index contributed by atoms with van der Waals surface area (Å²) in [4.78, 5) is 1.46. The first-order valence-electron chi connectivity index (χ1n) is 7.93. The maximum absolute atomic E-state index is 6.07. The minimum absolute atomic E-state index is 0.225. The minimum Gasteiger partial charge on any atom is -0.312 e. The van der Waals surface area contributed by atoms with Crippen molar-refractivity contribution in [2.24, 2.45) is 11.8 Å². The third kappa shape index (κ3) is 5.38. The molecule has 0 saturated heterocycles. The van der Waals surface area contributed by atoms with Gasteiger partial charge >= 0.3 is 0 Å². The molecule has 0 radical (unpaired) electrons. The molecular weight excluding hydrogens is 286 g/mol. The summed E-state index contributed by atoms with van der Waals surface area (Å²) >= 11 is 7.83. The van der Waals surface area contributed by atoms with E-state index in [0.717, 1.165) is 22.7 Å². The average molecular weight is 314 g/mol. The number of thiophene rings is 1. The number of rotatable bonds is 4. The topological polar surface area (TPSA) is 12.0 Å². The van der Waals surface area contributed by atoms with Crippen LogP contribution in [0.25, 0.3) is 0 Å². The summed E-state index contributed by atoms with van der Waals surface area (Å²) in [6.07, 6.45) is 8.19. The number of hydrogen-bond donors (Lipinski definition) is 1. The minimum atomic E-state index is 0.225. The Bertz CT molecular complexity index is 407. The molecule has 1 fully saturated rings. The Hall–Kier alpha value is -0.0500. The van der Waals surface area contributed by atoms with Gasteiger partial charge in [-0.3, -0.25) is 0 Å². The molecule has 3 heteroatoms. The smallest absolute Gasteiger partial charge is 0.0931 e. The molecule has 1 N–H and O–H groups in total. The van der Waals surface area contributed by atoms with Crippen LogP contribution in [0, 0.1) is 11.8 Å². The summed E-state index contributed by atoms with van der Waals surface area (Å²) in [5, 5.41) is 3.72. The van der Waals surface area contributed by atoms with Gasteiger partial charge in [0.2, 0.25) is 0 Å². The lowest BCUT2D eigenvalue weighted by atomic mass is 9.84. The molecule has 2 atom stereocenters. The number of nitrogens with one attached hydrogen (secondary N) is 1. The Morgan fingerprint density at radius 2 is 1.85 bits per heavy atom. The van der Waals surface area contributed by atoms with Crippen molar-refractivity contribution in [1.29, 1.82) is 0 Å². The highest BCUT2D eigenvalue weighted by Crippen LogP contribution is 2.33. The van der Waals surface area contributed by atoms with Gasteiger partial charge in [0.15, 0.2) is 0 Å². The largest absolute Gasteiger partial charge is 0.312 e. The van der Waals surface area contributed by atoms with E-state index < -0.39 is 0 Å². The van der Waals surface area contributed by atoms with Gasteiger partial charge < -0.3 is 5.32 Å². The molecule has 2 rings (SSSR count). The van der Waals surface area contributed by atoms with Crippen LogP contribution in [0.3, 0.4) is 0 Å². The maximum atomic E-state index is 6.07. The standard InChI is InChI=1S/C17H28ClNS/c1-17(2,3)19-12-14-8-6-4-5-7-13(14)11-15-9-10-16(18)20-15/h9-10,13-14,19H,4-8,11-12H2,1-3H3. The van der Waals surface area contributed by atoms with Crippen LogP contribution in [0.15, 0.2) is 12.1 Å². The molecule has 114 valence electrons. The van der Waals surface area contributed by atoms with Gasteiger partial charge in [-0.1, -0.05) is 30.9 Å². The third-order valence-corrected chi connectivity index (χ3v) is 5.56. The van der Waals surface area contributed by atoms with Crippen LogP contribution >= 0.6 is 22.9 Å². The molecule has 1 nitrogen and oxygen atoms in total. The molecule has 2 unspecified atom stereocenters. The maximum Gasteiger partial charge on any atom is 0.0931 e. The monoisotopic (exact) mass is 313 g/mol. The Morgan fingerprint density at radius 3 is 2.45 bits per heavy atom. The Labute approximate surface area is 133 Å². The molecule has 1 saturated carbocycles. The summed E-state index contributed by atoms with van der Waals surface area (Å²) in [6.45, 7) is 7.94. The molecule has 0 aromatic carbocycles. The van der Waals surface area contributed by atoms with Crippen molar-refractivity contribution in [3.05, 3.63) is 21.3 Å². The fraction of sp³-hybridized carbons (Fsp3) is 0.765. The van der Waals surface area contributed by atoms with Crippen LogP contribution in [0.2, 0.25) is 4.34 Å². The van der Waals surface area contributed by atoms with Crippen LogP contribution in [0.5, 0.6) is 0 Å². The van der Waals surface area contributed by atoms with Crippen molar-refractivity contribution < 1.29 is 0 Å². The Morgan fingerprint density at radius 1 is 1.15 bits per heavy atom. The summed E-state index contributed by atoms with van der Waals surface area (Å²) < 4.78 is 0.929. The van der Waals surface area contributed by atoms with Gasteiger partial charge in [0.1, 0.15) is 0 Å². The fourth-order valence-electron chi connectivity index (χ4n) is 3.16. The highest BCUT2D eigenvalue weighted by Gasteiger charge is 2.25. The second-order valence-corrected chi connectivity index (χ2v) is 9.00. The second-order valence-electron chi connectivity index (χ2n) is 7.20. The van der Waals surface area contributed by atoms with Crippen molar-refractivity contribution in [1.82, 2.24) is 5.32 Å². The highest BCUT2D eigenvalue weighted by molar-refractivity contribution is 7.16. The lowest BCUT2D eigenvalue weighted by Gasteiger charge is -2.29. The first-order valence-corrected chi connectivity index (χ1v) is 9.13. The van der Waals surface area contributed by atoms with E-state index in [0.29, 0.717) is 0 Å². The lowest BCUT2D eigenvalue weighted by Crippen LogP contribution is -2.40. The van der Waals surface area contributed by atoms with Crippen LogP contribution in [0.1, 0.15) is 57.8 Å². The molecule has 1 aliphatic rings. The van der Waals surface area contributed by atoms with Gasteiger partial charge in [-0.05, 0) is 70.5 Å². The van der Waals surface area contributed by atoms with Crippen molar-refractivity contribution in [3.8, 4) is 0 Å². The third-order valence-electron chi connectivity index (χ3n) is 4.30. The summed E-state index contributed by atoms with van der Waals surface area (Å²) in [6, 6.07) is 4.26. The van der Waals surface area contributed by atoms with Crippen molar-refractivity contribution in [3.63, 3.8) is 0 Å². The molecule has 1 heterocycles. The SMILES string of the molecule is CC(C)(C)NCC1CCCCCC1Cc1ccc(Cl)s1. The van der Waals surface area contributed by atoms with Gasteiger partial charge in [-0.25, -0.2) is 0 Å². The van der Waals surface area contributed by atoms with Crippen LogP contribution in [0.4, 0.5) is 0 Å². The second kappa shape index (κ2) is 7.29. The van der Waals surface area contributed by atoms with Crippen LogP contribution < -0.4 is 5.32 Å². The van der Waals surface area contributed by atoms with Crippen molar-refractivity contribution >= 4 is 22.9 Å². The van der Waals surface area contributed by atoms with Gasteiger partial charge in [0.25, 0.3) is 0 Å². The molecule has 1 aliphatic carbocycles. The molecular formula is C17H28ClNS. The quantitative estimate of drug-likeness (QED) is 0.721. The summed E-state index contributed by atoms with van der Waals surface area (Å²) in [5.41, 5.74) is 0.225. The van der Waals surface area contributed by atoms with E-state index in [1.54, 1.807) is 11.3 Å². The van der Waals surface area contributed by atoms with Gasteiger partial charge in [-0.15, -0.1) is 11.3 Å². The van der Waals surface area contributed by atoms with Gasteiger partial charge in [-0.2, -0.15) is 0 Å². The van der Waals surface area contributed by atoms with E-state index in [2.05, 4.69) is 32.2 Å². The van der Waals surface area contributed by atoms with Crippen molar-refractivity contribution in [2.75, 3.05) is 6.54 Å². The first kappa shape index (κ1) is 16.3. The summed E-state index contributed by atoms with van der Waals surface area (Å²) in [5.74, 6) is 1.64. The molecule has 0 amide bonds. The summed E-state index contributed by atoms with van der Waals surface area (Å²) in [7, 11) is 0. The molecule has 0 bridgehead atoms. The predicted molar refractivity (Wildman–Crippen MR) is 90.9 cm³/mol. The molecule has 20 heavy (non-hydrogen) atoms. The Kier molecular flexibility index (Phi) is 5.95. The zero-order valence-corrected chi connectivity index (χ0v) is 14.6. The first-order chi connectivity index (χ1) is 9.44. The number of hydrogen-bond acceptors (Lipinski definition) is 2. The highest BCUT2D eigenvalue weighted by atomic mass is 35.5. The van der Waals surface area contributed by atoms with E-state index in [4.69, 9.17) is 11.6 Å². The van der Waals surface area contributed by atoms with E-state index in [1.807, 2.05) is 6.07 Å². The zero-order chi connectivity index (χ0) is 14.6. The van der Waals surface area contributed by atoms with E-state index in [-0.39, 0.29) is 5.54 Å². The average Bonchev–Trinajstić information content (AvgIpc) is 2.63. The van der Waals surface area contributed by atoms with E-state index >= 15 is 0 Å². The van der Waals surface area contributed by atoms with Crippen LogP contribution in [-0.2, 0) is 6.42 Å². The normalized spacial score (nSPS) is 24.6. The lowest BCUT2D eigenvalue weighted by molar-refractivity contribution is 0.271. The molecule has 1 aromatic rings. The van der Waals surface area contributed by atoms with Crippen LogP contribution in [-0.4, -0.2) is 12.1 Å². The van der Waals surface area contributed by atoms with Gasteiger partial charge in [0.05, 0.1) is 4.34 Å².